The third-order valence-corrected chi connectivity index (χ3v) is 3.66. The highest BCUT2D eigenvalue weighted by Crippen LogP contribution is 2.29. The molecule has 88 valence electrons. The van der Waals surface area contributed by atoms with Crippen LogP contribution >= 0.6 is 0 Å². The van der Waals surface area contributed by atoms with Crippen molar-refractivity contribution in [3.8, 4) is 0 Å². The van der Waals surface area contributed by atoms with E-state index in [-0.39, 0.29) is 0 Å². The number of hydrogen-bond donors (Lipinski definition) is 2. The summed E-state index contributed by atoms with van der Waals surface area (Å²) in [5.41, 5.74) is 9.22. The fraction of sp³-hybridized carbons (Fsp3) is 0.571. The minimum Gasteiger partial charge on any atom is -0.397 e. The number of aryl methyl sites for hydroxylation is 1. The molecule has 1 aliphatic carbocycles. The van der Waals surface area contributed by atoms with Crippen LogP contribution in [0.15, 0.2) is 18.2 Å². The maximum Gasteiger partial charge on any atom is 0.0576 e. The van der Waals surface area contributed by atoms with Crippen molar-refractivity contribution in [2.24, 2.45) is 5.92 Å². The van der Waals surface area contributed by atoms with Crippen LogP contribution in [0.3, 0.4) is 0 Å². The summed E-state index contributed by atoms with van der Waals surface area (Å²) >= 11 is 0. The van der Waals surface area contributed by atoms with Crippen LogP contribution in [0.4, 0.5) is 11.4 Å². The summed E-state index contributed by atoms with van der Waals surface area (Å²) < 4.78 is 0. The first-order valence-electron chi connectivity index (χ1n) is 6.29. The highest BCUT2D eigenvalue weighted by molar-refractivity contribution is 5.67. The molecule has 0 saturated heterocycles. The van der Waals surface area contributed by atoms with Crippen LogP contribution in [0.25, 0.3) is 0 Å². The molecule has 1 aromatic rings. The van der Waals surface area contributed by atoms with Crippen molar-refractivity contribution < 1.29 is 0 Å². The lowest BCUT2D eigenvalue weighted by Gasteiger charge is -2.30. The number of nitrogens with one attached hydrogen (secondary N) is 1. The quantitative estimate of drug-likeness (QED) is 0.745. The lowest BCUT2D eigenvalue weighted by Crippen LogP contribution is -2.30. The first kappa shape index (κ1) is 11.3. The van der Waals surface area contributed by atoms with Crippen molar-refractivity contribution in [1.29, 1.82) is 0 Å². The topological polar surface area (TPSA) is 38.0 Å². The lowest BCUT2D eigenvalue weighted by atomic mass is 9.86. The molecule has 0 amide bonds. The Labute approximate surface area is 98.2 Å². The van der Waals surface area contributed by atoms with E-state index in [1.165, 1.54) is 31.2 Å². The van der Waals surface area contributed by atoms with E-state index in [4.69, 9.17) is 5.73 Å². The minimum atomic E-state index is 0.596. The molecule has 3 N–H and O–H groups in total. The molecule has 2 rings (SSSR count). The summed E-state index contributed by atoms with van der Waals surface area (Å²) in [5.74, 6) is 0.759. The Balaban J connectivity index is 2.07. The normalized spacial score (nSPS) is 25.4. The molecular weight excluding hydrogens is 196 g/mol. The first-order valence-corrected chi connectivity index (χ1v) is 6.29. The van der Waals surface area contributed by atoms with Gasteiger partial charge >= 0.3 is 0 Å². The lowest BCUT2D eigenvalue weighted by molar-refractivity contribution is 0.349. The molecule has 0 radical (unpaired) electrons. The van der Waals surface area contributed by atoms with Gasteiger partial charge in [-0.2, -0.15) is 0 Å². The van der Waals surface area contributed by atoms with Gasteiger partial charge in [0.25, 0.3) is 0 Å². The Bertz CT molecular complexity index is 360. The Morgan fingerprint density at radius 1 is 1.25 bits per heavy atom. The van der Waals surface area contributed by atoms with Gasteiger partial charge in [-0.1, -0.05) is 25.8 Å². The second-order valence-corrected chi connectivity index (χ2v) is 5.10. The molecule has 2 heteroatoms. The molecule has 0 spiro atoms. The second kappa shape index (κ2) is 4.77. The first-order chi connectivity index (χ1) is 7.66. The average Bonchev–Trinajstić information content (AvgIpc) is 2.25. The monoisotopic (exact) mass is 218 g/mol. The Morgan fingerprint density at radius 3 is 2.69 bits per heavy atom. The van der Waals surface area contributed by atoms with E-state index in [0.717, 1.165) is 17.3 Å². The van der Waals surface area contributed by atoms with Gasteiger partial charge in [0.1, 0.15) is 0 Å². The average molecular weight is 218 g/mol. The number of rotatable bonds is 2. The summed E-state index contributed by atoms with van der Waals surface area (Å²) in [7, 11) is 0. The van der Waals surface area contributed by atoms with Crippen molar-refractivity contribution in [2.75, 3.05) is 11.1 Å². The number of benzene rings is 1. The Hall–Kier alpha value is -1.18. The molecule has 1 aliphatic rings. The zero-order valence-corrected chi connectivity index (χ0v) is 10.3. The molecule has 0 aromatic heterocycles. The van der Waals surface area contributed by atoms with Gasteiger partial charge in [-0.15, -0.1) is 0 Å². The summed E-state index contributed by atoms with van der Waals surface area (Å²) in [6.45, 7) is 4.41. The number of anilines is 2. The standard InChI is InChI=1S/C14H22N2/c1-10-7-8-14(12(15)9-10)16-13-6-4-3-5-11(13)2/h7-9,11,13,16H,3-6,15H2,1-2H3. The summed E-state index contributed by atoms with van der Waals surface area (Å²) in [4.78, 5) is 0. The van der Waals surface area contributed by atoms with Crippen molar-refractivity contribution in [2.45, 2.75) is 45.6 Å². The van der Waals surface area contributed by atoms with Crippen LogP contribution < -0.4 is 11.1 Å². The molecular formula is C14H22N2. The Kier molecular flexibility index (Phi) is 3.37. The SMILES string of the molecule is Cc1ccc(NC2CCCCC2C)c(N)c1. The van der Waals surface area contributed by atoms with E-state index in [2.05, 4.69) is 31.3 Å². The molecule has 2 atom stereocenters. The van der Waals surface area contributed by atoms with Crippen LogP contribution in [0.1, 0.15) is 38.2 Å². The number of nitrogen functional groups attached to an aromatic ring is 1. The van der Waals surface area contributed by atoms with Crippen LogP contribution in [0.2, 0.25) is 0 Å². The zero-order valence-electron chi connectivity index (χ0n) is 10.3. The van der Waals surface area contributed by atoms with Gasteiger partial charge in [0.15, 0.2) is 0 Å². The van der Waals surface area contributed by atoms with E-state index in [1.807, 2.05) is 6.07 Å². The Morgan fingerprint density at radius 2 is 2.00 bits per heavy atom. The molecule has 2 nitrogen and oxygen atoms in total. The third kappa shape index (κ3) is 2.49. The maximum atomic E-state index is 6.02. The van der Waals surface area contributed by atoms with E-state index < -0.39 is 0 Å². The predicted molar refractivity (Wildman–Crippen MR) is 70.6 cm³/mol. The van der Waals surface area contributed by atoms with Crippen LogP contribution in [-0.2, 0) is 0 Å². The van der Waals surface area contributed by atoms with Crippen LogP contribution in [-0.4, -0.2) is 6.04 Å². The van der Waals surface area contributed by atoms with Gasteiger partial charge in [-0.05, 0) is 43.4 Å². The molecule has 0 bridgehead atoms. The molecule has 16 heavy (non-hydrogen) atoms. The predicted octanol–water partition coefficient (Wildman–Crippen LogP) is 3.57. The van der Waals surface area contributed by atoms with Crippen LogP contribution in [0.5, 0.6) is 0 Å². The molecule has 0 heterocycles. The molecule has 1 aromatic carbocycles. The number of hydrogen-bond acceptors (Lipinski definition) is 2. The second-order valence-electron chi connectivity index (χ2n) is 5.10. The van der Waals surface area contributed by atoms with E-state index >= 15 is 0 Å². The fourth-order valence-corrected chi connectivity index (χ4v) is 2.54. The number of nitrogens with two attached hydrogens (primary N) is 1. The van der Waals surface area contributed by atoms with Gasteiger partial charge in [0.2, 0.25) is 0 Å². The summed E-state index contributed by atoms with van der Waals surface area (Å²) in [6, 6.07) is 6.85. The van der Waals surface area contributed by atoms with Crippen molar-refractivity contribution in [1.82, 2.24) is 0 Å². The van der Waals surface area contributed by atoms with Gasteiger partial charge in [0, 0.05) is 6.04 Å². The van der Waals surface area contributed by atoms with E-state index in [9.17, 15) is 0 Å². The molecule has 1 fully saturated rings. The molecule has 2 unspecified atom stereocenters. The fourth-order valence-electron chi connectivity index (χ4n) is 2.54. The third-order valence-electron chi connectivity index (χ3n) is 3.66. The van der Waals surface area contributed by atoms with Crippen LogP contribution in [0, 0.1) is 12.8 Å². The summed E-state index contributed by atoms with van der Waals surface area (Å²) in [6.07, 6.45) is 5.33. The summed E-state index contributed by atoms with van der Waals surface area (Å²) in [5, 5.41) is 3.60. The van der Waals surface area contributed by atoms with Crippen molar-refractivity contribution in [3.05, 3.63) is 23.8 Å². The molecule has 1 saturated carbocycles. The van der Waals surface area contributed by atoms with Gasteiger partial charge < -0.3 is 11.1 Å². The van der Waals surface area contributed by atoms with E-state index in [1.54, 1.807) is 0 Å². The van der Waals surface area contributed by atoms with Gasteiger partial charge in [-0.25, -0.2) is 0 Å². The van der Waals surface area contributed by atoms with Crippen molar-refractivity contribution in [3.63, 3.8) is 0 Å². The highest BCUT2D eigenvalue weighted by Gasteiger charge is 2.21. The van der Waals surface area contributed by atoms with E-state index in [0.29, 0.717) is 6.04 Å². The highest BCUT2D eigenvalue weighted by atomic mass is 14.9. The maximum absolute atomic E-state index is 6.02. The minimum absolute atomic E-state index is 0.596. The largest absolute Gasteiger partial charge is 0.397 e. The van der Waals surface area contributed by atoms with Gasteiger partial charge in [-0.3, -0.25) is 0 Å². The smallest absolute Gasteiger partial charge is 0.0576 e. The van der Waals surface area contributed by atoms with Gasteiger partial charge in [0.05, 0.1) is 11.4 Å². The zero-order chi connectivity index (χ0) is 11.5. The van der Waals surface area contributed by atoms with Crippen molar-refractivity contribution >= 4 is 11.4 Å². The molecule has 0 aliphatic heterocycles.